The van der Waals surface area contributed by atoms with Crippen molar-refractivity contribution in [2.45, 2.75) is 20.3 Å². The maximum atomic E-state index is 4.79. The molecule has 7 aromatic rings. The van der Waals surface area contributed by atoms with Gasteiger partial charge in [-0.1, -0.05) is 104 Å². The summed E-state index contributed by atoms with van der Waals surface area (Å²) >= 11 is 0. The topological polar surface area (TPSA) is 17.8 Å². The molecule has 0 radical (unpaired) electrons. The van der Waals surface area contributed by atoms with Crippen molar-refractivity contribution in [3.05, 3.63) is 138 Å². The van der Waals surface area contributed by atoms with Crippen LogP contribution in [0.2, 0.25) is 0 Å². The molecular formula is C39H30N2. The summed E-state index contributed by atoms with van der Waals surface area (Å²) in [6.07, 6.45) is 5.78. The van der Waals surface area contributed by atoms with E-state index in [0.717, 1.165) is 29.0 Å². The number of nitrogens with zero attached hydrogens (tertiary/aromatic N) is 2. The minimum absolute atomic E-state index is 0.492. The van der Waals surface area contributed by atoms with Crippen LogP contribution in [0.1, 0.15) is 23.9 Å². The van der Waals surface area contributed by atoms with Crippen molar-refractivity contribution in [2.24, 2.45) is 5.92 Å². The van der Waals surface area contributed by atoms with Gasteiger partial charge in [0.05, 0.1) is 11.0 Å². The summed E-state index contributed by atoms with van der Waals surface area (Å²) in [5.74, 6) is 1.49. The van der Waals surface area contributed by atoms with Crippen molar-refractivity contribution in [1.82, 2.24) is 9.55 Å². The van der Waals surface area contributed by atoms with Crippen molar-refractivity contribution in [3.63, 3.8) is 0 Å². The number of imidazole rings is 1. The number of benzene rings is 6. The Morgan fingerprint density at radius 2 is 1.37 bits per heavy atom. The highest BCUT2D eigenvalue weighted by molar-refractivity contribution is 6.10. The van der Waals surface area contributed by atoms with Gasteiger partial charge in [-0.3, -0.25) is 4.57 Å². The average molecular weight is 527 g/mol. The summed E-state index contributed by atoms with van der Waals surface area (Å²) in [6.45, 7) is 4.40. The second-order valence-electron chi connectivity index (χ2n) is 11.3. The van der Waals surface area contributed by atoms with Crippen LogP contribution in [0.3, 0.4) is 0 Å². The molecule has 1 aromatic heterocycles. The molecule has 196 valence electrons. The monoisotopic (exact) mass is 526 g/mol. The van der Waals surface area contributed by atoms with Gasteiger partial charge < -0.3 is 0 Å². The molecule has 0 aliphatic heterocycles. The number of hydrogen-bond donors (Lipinski definition) is 0. The van der Waals surface area contributed by atoms with Crippen LogP contribution in [0.25, 0.3) is 66.6 Å². The molecule has 1 atom stereocenters. The fraction of sp³-hybridized carbons (Fsp3) is 0.103. The molecule has 2 heteroatoms. The Morgan fingerprint density at radius 3 is 2.20 bits per heavy atom. The normalized spacial score (nSPS) is 14.6. The minimum Gasteiger partial charge on any atom is -0.297 e. The molecule has 1 unspecified atom stereocenters. The summed E-state index contributed by atoms with van der Waals surface area (Å²) in [4.78, 5) is 4.79. The Labute approximate surface area is 240 Å². The van der Waals surface area contributed by atoms with Gasteiger partial charge in [-0.2, -0.15) is 0 Å². The first kappa shape index (κ1) is 23.9. The summed E-state index contributed by atoms with van der Waals surface area (Å²) < 4.78 is 2.25. The van der Waals surface area contributed by atoms with Gasteiger partial charge in [-0.05, 0) is 105 Å². The fourth-order valence-electron chi connectivity index (χ4n) is 6.79. The number of rotatable bonds is 3. The molecule has 2 nitrogen and oxygen atoms in total. The molecule has 0 bridgehead atoms. The van der Waals surface area contributed by atoms with E-state index in [4.69, 9.17) is 4.98 Å². The van der Waals surface area contributed by atoms with E-state index in [9.17, 15) is 0 Å². The van der Waals surface area contributed by atoms with Crippen LogP contribution in [0.15, 0.2) is 121 Å². The molecule has 0 amide bonds. The van der Waals surface area contributed by atoms with Crippen LogP contribution in [0.5, 0.6) is 0 Å². The predicted molar refractivity (Wildman–Crippen MR) is 174 cm³/mol. The number of aryl methyl sites for hydroxylation is 1. The Bertz CT molecular complexity index is 2140. The van der Waals surface area contributed by atoms with Gasteiger partial charge in [0.15, 0.2) is 0 Å². The van der Waals surface area contributed by atoms with E-state index in [2.05, 4.69) is 140 Å². The zero-order chi connectivity index (χ0) is 27.5. The van der Waals surface area contributed by atoms with Gasteiger partial charge in [0.1, 0.15) is 5.82 Å². The van der Waals surface area contributed by atoms with Crippen LogP contribution in [-0.2, 0) is 6.42 Å². The van der Waals surface area contributed by atoms with E-state index in [1.807, 2.05) is 6.07 Å². The van der Waals surface area contributed by atoms with Gasteiger partial charge >= 0.3 is 0 Å². The maximum Gasteiger partial charge on any atom is 0.111 e. The maximum absolute atomic E-state index is 4.79. The van der Waals surface area contributed by atoms with Crippen LogP contribution < -0.4 is 0 Å². The predicted octanol–water partition coefficient (Wildman–Crippen LogP) is 10.2. The van der Waals surface area contributed by atoms with Crippen molar-refractivity contribution >= 4 is 38.7 Å². The lowest BCUT2D eigenvalue weighted by molar-refractivity contribution is 0.719. The standard InChI is InChI=1S/C39H30N2/c1-25-15-22-34-35(23-25)38(28-18-20-31(21-19-28)41-26(2)40-36-13-7-8-14-37(36)41)32-11-5-6-12-33(32)39(34)30-17-16-27-9-3-4-10-29(27)24-30/h3-22,24-25H,23H2,1-2H3. The zero-order valence-corrected chi connectivity index (χ0v) is 23.3. The van der Waals surface area contributed by atoms with Crippen LogP contribution in [-0.4, -0.2) is 9.55 Å². The largest absolute Gasteiger partial charge is 0.297 e. The summed E-state index contributed by atoms with van der Waals surface area (Å²) in [7, 11) is 0. The Morgan fingerprint density at radius 1 is 0.683 bits per heavy atom. The number of hydrogen-bond acceptors (Lipinski definition) is 1. The first-order valence-corrected chi connectivity index (χ1v) is 14.5. The van der Waals surface area contributed by atoms with E-state index in [0.29, 0.717) is 5.92 Å². The van der Waals surface area contributed by atoms with Gasteiger partial charge in [-0.15, -0.1) is 0 Å². The van der Waals surface area contributed by atoms with Crippen LogP contribution >= 0.6 is 0 Å². The van der Waals surface area contributed by atoms with E-state index < -0.39 is 0 Å². The number of aromatic nitrogens is 2. The minimum atomic E-state index is 0.492. The highest BCUT2D eigenvalue weighted by atomic mass is 15.1. The molecule has 0 saturated carbocycles. The lowest BCUT2D eigenvalue weighted by Gasteiger charge is -2.26. The van der Waals surface area contributed by atoms with Gasteiger partial charge in [0.2, 0.25) is 0 Å². The molecule has 1 heterocycles. The molecule has 0 fully saturated rings. The molecule has 0 N–H and O–H groups in total. The highest BCUT2D eigenvalue weighted by Crippen LogP contribution is 2.45. The summed E-state index contributed by atoms with van der Waals surface area (Å²) in [5.41, 5.74) is 11.3. The third-order valence-corrected chi connectivity index (χ3v) is 8.66. The van der Waals surface area contributed by atoms with Crippen molar-refractivity contribution in [1.29, 1.82) is 0 Å². The van der Waals surface area contributed by atoms with E-state index in [1.165, 1.54) is 54.9 Å². The first-order valence-electron chi connectivity index (χ1n) is 14.5. The van der Waals surface area contributed by atoms with Crippen LogP contribution in [0.4, 0.5) is 0 Å². The lowest BCUT2D eigenvalue weighted by atomic mass is 9.78. The van der Waals surface area contributed by atoms with Crippen molar-refractivity contribution in [2.75, 3.05) is 0 Å². The second-order valence-corrected chi connectivity index (χ2v) is 11.3. The summed E-state index contributed by atoms with van der Waals surface area (Å²) in [5, 5.41) is 5.17. The zero-order valence-electron chi connectivity index (χ0n) is 23.3. The van der Waals surface area contributed by atoms with E-state index in [-0.39, 0.29) is 0 Å². The van der Waals surface area contributed by atoms with E-state index in [1.54, 1.807) is 0 Å². The molecule has 1 aliphatic rings. The molecule has 1 aliphatic carbocycles. The van der Waals surface area contributed by atoms with E-state index >= 15 is 0 Å². The quantitative estimate of drug-likeness (QED) is 0.224. The van der Waals surface area contributed by atoms with Gasteiger partial charge in [-0.25, -0.2) is 4.98 Å². The molecular weight excluding hydrogens is 496 g/mol. The molecule has 41 heavy (non-hydrogen) atoms. The smallest absolute Gasteiger partial charge is 0.111 e. The number of allylic oxidation sites excluding steroid dienone is 1. The Balaban J connectivity index is 1.36. The third kappa shape index (κ3) is 3.82. The Kier molecular flexibility index (Phi) is 5.43. The Hall–Kier alpha value is -4.95. The molecule has 8 rings (SSSR count). The second kappa shape index (κ2) is 9.31. The number of fused-ring (bicyclic) bond motifs is 4. The third-order valence-electron chi connectivity index (χ3n) is 8.66. The first-order chi connectivity index (χ1) is 20.2. The van der Waals surface area contributed by atoms with Crippen molar-refractivity contribution in [3.8, 4) is 27.9 Å². The van der Waals surface area contributed by atoms with Crippen molar-refractivity contribution < 1.29 is 0 Å². The lowest BCUT2D eigenvalue weighted by Crippen LogP contribution is -2.08. The average Bonchev–Trinajstić information content (AvgIpc) is 3.35. The van der Waals surface area contributed by atoms with Crippen LogP contribution in [0, 0.1) is 12.8 Å². The fourth-order valence-corrected chi connectivity index (χ4v) is 6.79. The van der Waals surface area contributed by atoms with Gasteiger partial charge in [0.25, 0.3) is 0 Å². The molecule has 0 saturated heterocycles. The summed E-state index contributed by atoms with van der Waals surface area (Å²) in [6, 6.07) is 42.0. The molecule has 0 spiro atoms. The molecule has 6 aromatic carbocycles. The SMILES string of the molecule is Cc1nc2ccccc2n1-c1ccc(-c2c3c(c(-c4ccc5ccccc5c4)c4ccccc24)C=CC(C)C3)cc1. The highest BCUT2D eigenvalue weighted by Gasteiger charge is 2.23. The number of para-hydroxylation sites is 2. The van der Waals surface area contributed by atoms with Gasteiger partial charge in [0, 0.05) is 5.69 Å².